The van der Waals surface area contributed by atoms with E-state index in [1.807, 2.05) is 0 Å². The summed E-state index contributed by atoms with van der Waals surface area (Å²) in [4.78, 5) is 28.9. The van der Waals surface area contributed by atoms with Crippen molar-refractivity contribution < 1.29 is 18.7 Å². The van der Waals surface area contributed by atoms with Crippen LogP contribution in [0.1, 0.15) is 22.8 Å². The first-order valence-corrected chi connectivity index (χ1v) is 9.86. The lowest BCUT2D eigenvalue weighted by molar-refractivity contribution is -0.114. The van der Waals surface area contributed by atoms with E-state index in [2.05, 4.69) is 14.8 Å². The molecular weight excluding hydrogens is 405 g/mol. The van der Waals surface area contributed by atoms with Gasteiger partial charge < -0.3 is 4.74 Å². The van der Waals surface area contributed by atoms with Gasteiger partial charge in [-0.15, -0.1) is 11.3 Å². The van der Waals surface area contributed by atoms with Gasteiger partial charge in [0.25, 0.3) is 5.91 Å². The summed E-state index contributed by atoms with van der Waals surface area (Å²) in [6, 6.07) is 12.8. The SMILES string of the molecule is COC(=O)c1ccc(/C=C2/C(=O)N(c3nc(-c4cccc(F)c4)cs3)N=C2C)cc1. The molecule has 6 nitrogen and oxygen atoms in total. The molecule has 2 heterocycles. The van der Waals surface area contributed by atoms with Crippen LogP contribution in [0.2, 0.25) is 0 Å². The van der Waals surface area contributed by atoms with Crippen molar-refractivity contribution in [3.8, 4) is 11.3 Å². The van der Waals surface area contributed by atoms with Crippen molar-refractivity contribution in [3.63, 3.8) is 0 Å². The fraction of sp³-hybridized carbons (Fsp3) is 0.0909. The Balaban J connectivity index is 1.58. The molecule has 2 aromatic carbocycles. The molecule has 1 aliphatic heterocycles. The fourth-order valence-electron chi connectivity index (χ4n) is 2.96. The van der Waals surface area contributed by atoms with E-state index >= 15 is 0 Å². The van der Waals surface area contributed by atoms with Crippen molar-refractivity contribution >= 4 is 40.1 Å². The fourth-order valence-corrected chi connectivity index (χ4v) is 3.74. The van der Waals surface area contributed by atoms with Crippen molar-refractivity contribution in [1.82, 2.24) is 4.98 Å². The minimum Gasteiger partial charge on any atom is -0.465 e. The smallest absolute Gasteiger partial charge is 0.337 e. The van der Waals surface area contributed by atoms with Crippen molar-refractivity contribution in [3.05, 3.63) is 76.4 Å². The number of carbonyl (C=O) groups is 2. The van der Waals surface area contributed by atoms with Crippen LogP contribution >= 0.6 is 11.3 Å². The molecule has 0 bridgehead atoms. The van der Waals surface area contributed by atoms with E-state index in [9.17, 15) is 14.0 Å². The van der Waals surface area contributed by atoms with Crippen LogP contribution in [0.15, 0.2) is 64.6 Å². The summed E-state index contributed by atoms with van der Waals surface area (Å²) in [6.45, 7) is 1.74. The number of benzene rings is 2. The number of nitrogens with zero attached hydrogens (tertiary/aromatic N) is 3. The highest BCUT2D eigenvalue weighted by Gasteiger charge is 2.30. The Hall–Kier alpha value is -3.65. The van der Waals surface area contributed by atoms with Gasteiger partial charge in [0, 0.05) is 10.9 Å². The number of aromatic nitrogens is 1. The number of methoxy groups -OCH3 is 1. The highest BCUT2D eigenvalue weighted by atomic mass is 32.1. The van der Waals surface area contributed by atoms with E-state index in [0.717, 1.165) is 5.56 Å². The first-order chi connectivity index (χ1) is 14.5. The summed E-state index contributed by atoms with van der Waals surface area (Å²) in [5.74, 6) is -1.07. The normalized spacial score (nSPS) is 14.9. The molecule has 0 saturated heterocycles. The number of thiazole rings is 1. The zero-order chi connectivity index (χ0) is 21.3. The second kappa shape index (κ2) is 8.00. The Morgan fingerprint density at radius 2 is 1.97 bits per heavy atom. The maximum absolute atomic E-state index is 13.5. The van der Waals surface area contributed by atoms with E-state index in [1.165, 1.54) is 35.6 Å². The topological polar surface area (TPSA) is 71.9 Å². The Labute approximate surface area is 175 Å². The van der Waals surface area contributed by atoms with Crippen LogP contribution in [-0.2, 0) is 9.53 Å². The minimum atomic E-state index is -0.423. The lowest BCUT2D eigenvalue weighted by atomic mass is 10.1. The Kier molecular flexibility index (Phi) is 5.24. The molecule has 0 atom stereocenters. The van der Waals surface area contributed by atoms with Gasteiger partial charge in [-0.25, -0.2) is 14.2 Å². The maximum Gasteiger partial charge on any atom is 0.337 e. The predicted molar refractivity (Wildman–Crippen MR) is 114 cm³/mol. The average molecular weight is 421 g/mol. The lowest BCUT2D eigenvalue weighted by Gasteiger charge is -2.07. The summed E-state index contributed by atoms with van der Waals surface area (Å²) in [6.07, 6.45) is 1.71. The van der Waals surface area contributed by atoms with Crippen molar-refractivity contribution in [2.75, 3.05) is 12.1 Å². The lowest BCUT2D eigenvalue weighted by Crippen LogP contribution is -2.21. The molecule has 4 rings (SSSR count). The molecule has 0 spiro atoms. The van der Waals surface area contributed by atoms with E-state index in [4.69, 9.17) is 0 Å². The largest absolute Gasteiger partial charge is 0.465 e. The van der Waals surface area contributed by atoms with Gasteiger partial charge >= 0.3 is 5.97 Å². The Morgan fingerprint density at radius 1 is 1.20 bits per heavy atom. The molecule has 0 N–H and O–H groups in total. The minimum absolute atomic E-state index is 0.301. The Bertz CT molecular complexity index is 1200. The summed E-state index contributed by atoms with van der Waals surface area (Å²) < 4.78 is 18.2. The number of rotatable bonds is 4. The third kappa shape index (κ3) is 3.77. The van der Waals surface area contributed by atoms with E-state index in [0.29, 0.717) is 33.2 Å². The summed E-state index contributed by atoms with van der Waals surface area (Å²) >= 11 is 1.26. The number of esters is 1. The van der Waals surface area contributed by atoms with Crippen molar-refractivity contribution in [1.29, 1.82) is 0 Å². The molecule has 1 amide bonds. The molecule has 1 aromatic heterocycles. The summed E-state index contributed by atoms with van der Waals surface area (Å²) in [7, 11) is 1.32. The monoisotopic (exact) mass is 421 g/mol. The summed E-state index contributed by atoms with van der Waals surface area (Å²) in [5, 5.41) is 7.75. The third-order valence-corrected chi connectivity index (χ3v) is 5.32. The zero-order valence-electron chi connectivity index (χ0n) is 16.1. The molecule has 8 heteroatoms. The van der Waals surface area contributed by atoms with Gasteiger partial charge in [-0.3, -0.25) is 4.79 Å². The molecule has 0 radical (unpaired) electrons. The predicted octanol–water partition coefficient (Wildman–Crippen LogP) is 4.54. The van der Waals surface area contributed by atoms with Gasteiger partial charge in [-0.05, 0) is 42.8 Å². The van der Waals surface area contributed by atoms with Crippen LogP contribution in [0.25, 0.3) is 17.3 Å². The van der Waals surface area contributed by atoms with Gasteiger partial charge in [0.05, 0.1) is 29.7 Å². The summed E-state index contributed by atoms with van der Waals surface area (Å²) in [5.41, 5.74) is 3.37. The number of hydrogen-bond acceptors (Lipinski definition) is 6. The standard InChI is InChI=1S/C22H16FN3O3S/c1-13-18(10-14-6-8-15(9-7-14)21(28)29-2)20(27)26(25-13)22-24-19(12-30-22)16-4-3-5-17(23)11-16/h3-12H,1-2H3/b18-10+. The molecule has 150 valence electrons. The second-order valence-corrected chi connectivity index (χ2v) is 7.34. The molecule has 30 heavy (non-hydrogen) atoms. The molecule has 0 fully saturated rings. The average Bonchev–Trinajstić information content (AvgIpc) is 3.34. The van der Waals surface area contributed by atoms with Crippen LogP contribution in [0, 0.1) is 5.82 Å². The van der Waals surface area contributed by atoms with Crippen molar-refractivity contribution in [2.45, 2.75) is 6.92 Å². The van der Waals surface area contributed by atoms with Gasteiger partial charge in [-0.1, -0.05) is 24.3 Å². The van der Waals surface area contributed by atoms with E-state index in [-0.39, 0.29) is 11.7 Å². The zero-order valence-corrected chi connectivity index (χ0v) is 16.9. The molecule has 1 aliphatic rings. The molecule has 0 unspecified atom stereocenters. The number of halogens is 1. The third-order valence-electron chi connectivity index (χ3n) is 4.50. The second-order valence-electron chi connectivity index (χ2n) is 6.50. The number of anilines is 1. The van der Waals surface area contributed by atoms with Crippen LogP contribution in [0.5, 0.6) is 0 Å². The quantitative estimate of drug-likeness (QED) is 0.458. The number of ether oxygens (including phenoxy) is 1. The number of amides is 1. The molecule has 0 saturated carbocycles. The van der Waals surface area contributed by atoms with E-state index in [1.54, 1.807) is 54.8 Å². The molecular formula is C22H16FN3O3S. The van der Waals surface area contributed by atoms with Gasteiger partial charge in [0.1, 0.15) is 5.82 Å². The molecule has 3 aromatic rings. The van der Waals surface area contributed by atoms with Crippen LogP contribution in [-0.4, -0.2) is 29.7 Å². The number of carbonyl (C=O) groups excluding carboxylic acids is 2. The highest BCUT2D eigenvalue weighted by molar-refractivity contribution is 7.14. The maximum atomic E-state index is 13.5. The van der Waals surface area contributed by atoms with Crippen LogP contribution < -0.4 is 5.01 Å². The van der Waals surface area contributed by atoms with Gasteiger partial charge in [-0.2, -0.15) is 10.1 Å². The first-order valence-electron chi connectivity index (χ1n) is 8.98. The Morgan fingerprint density at radius 3 is 2.67 bits per heavy atom. The first kappa shape index (κ1) is 19.7. The van der Waals surface area contributed by atoms with Gasteiger partial charge in [0.2, 0.25) is 5.13 Å². The van der Waals surface area contributed by atoms with Crippen molar-refractivity contribution in [2.24, 2.45) is 5.10 Å². The van der Waals surface area contributed by atoms with Crippen LogP contribution in [0.4, 0.5) is 9.52 Å². The van der Waals surface area contributed by atoms with Gasteiger partial charge in [0.15, 0.2) is 0 Å². The van der Waals surface area contributed by atoms with Crippen LogP contribution in [0.3, 0.4) is 0 Å². The van der Waals surface area contributed by atoms with E-state index < -0.39 is 5.97 Å². The number of hydrazone groups is 1. The number of hydrogen-bond donors (Lipinski definition) is 0. The molecule has 0 aliphatic carbocycles. The highest BCUT2D eigenvalue weighted by Crippen LogP contribution is 2.31.